The Bertz CT molecular complexity index is 203. The molecule has 0 aromatic carbocycles. The number of alkyl halides is 1. The van der Waals surface area contributed by atoms with E-state index in [1.165, 1.54) is 49.4 Å². The van der Waals surface area contributed by atoms with E-state index in [4.69, 9.17) is 4.74 Å². The molecule has 0 radical (unpaired) electrons. The van der Waals surface area contributed by atoms with Gasteiger partial charge in [0.15, 0.2) is 0 Å². The Balaban J connectivity index is 1.77. The molecule has 0 heterocycles. The van der Waals surface area contributed by atoms with E-state index in [0.29, 0.717) is 0 Å². The highest BCUT2D eigenvalue weighted by molar-refractivity contribution is 14.1. The van der Waals surface area contributed by atoms with Crippen LogP contribution in [0.3, 0.4) is 0 Å². The Kier molecular flexibility index (Phi) is 4.33. The lowest BCUT2D eigenvalue weighted by Gasteiger charge is -2.38. The highest BCUT2D eigenvalue weighted by Gasteiger charge is 2.35. The Labute approximate surface area is 107 Å². The predicted octanol–water partition coefficient (Wildman–Crippen LogP) is 4.19. The van der Waals surface area contributed by atoms with Crippen molar-refractivity contribution in [3.05, 3.63) is 0 Å². The second kappa shape index (κ2) is 5.35. The third-order valence-corrected chi connectivity index (χ3v) is 5.31. The average molecular weight is 322 g/mol. The van der Waals surface area contributed by atoms with Crippen molar-refractivity contribution in [1.82, 2.24) is 0 Å². The topological polar surface area (TPSA) is 9.23 Å². The van der Waals surface area contributed by atoms with Gasteiger partial charge in [0.05, 0.1) is 5.60 Å². The number of ether oxygens (including phenoxy) is 1. The minimum atomic E-state index is 0.243. The first-order valence-electron chi connectivity index (χ1n) is 6.44. The van der Waals surface area contributed by atoms with Crippen molar-refractivity contribution in [1.29, 1.82) is 0 Å². The van der Waals surface area contributed by atoms with Gasteiger partial charge < -0.3 is 4.74 Å². The number of halogens is 1. The summed E-state index contributed by atoms with van der Waals surface area (Å²) in [5.74, 6) is 1.88. The highest BCUT2D eigenvalue weighted by atomic mass is 127. The average Bonchev–Trinajstić information content (AvgIpc) is 3.02. The molecule has 0 aliphatic heterocycles. The second-order valence-electron chi connectivity index (χ2n) is 5.60. The van der Waals surface area contributed by atoms with Crippen molar-refractivity contribution in [2.45, 2.75) is 57.5 Å². The first-order chi connectivity index (χ1) is 7.24. The maximum atomic E-state index is 6.23. The third kappa shape index (κ3) is 3.58. The predicted molar refractivity (Wildman–Crippen MR) is 72.5 cm³/mol. The molecule has 2 unspecified atom stereocenters. The van der Waals surface area contributed by atoms with Crippen molar-refractivity contribution >= 4 is 22.6 Å². The Morgan fingerprint density at radius 3 is 2.73 bits per heavy atom. The molecular weight excluding hydrogens is 299 g/mol. The fourth-order valence-electron chi connectivity index (χ4n) is 2.75. The van der Waals surface area contributed by atoms with Crippen LogP contribution in [-0.4, -0.2) is 16.6 Å². The van der Waals surface area contributed by atoms with Crippen LogP contribution in [0.2, 0.25) is 0 Å². The molecule has 2 rings (SSSR count). The maximum absolute atomic E-state index is 6.23. The van der Waals surface area contributed by atoms with Crippen molar-refractivity contribution in [3.8, 4) is 0 Å². The van der Waals surface area contributed by atoms with Gasteiger partial charge in [-0.05, 0) is 31.1 Å². The van der Waals surface area contributed by atoms with Gasteiger partial charge in [0.25, 0.3) is 0 Å². The van der Waals surface area contributed by atoms with Gasteiger partial charge in [-0.25, -0.2) is 0 Å². The van der Waals surface area contributed by atoms with Crippen LogP contribution in [0.15, 0.2) is 0 Å². The van der Waals surface area contributed by atoms with E-state index in [-0.39, 0.29) is 5.60 Å². The van der Waals surface area contributed by atoms with Gasteiger partial charge in [-0.15, -0.1) is 0 Å². The van der Waals surface area contributed by atoms with E-state index in [2.05, 4.69) is 29.5 Å². The van der Waals surface area contributed by atoms with Gasteiger partial charge in [-0.1, -0.05) is 55.2 Å². The van der Waals surface area contributed by atoms with Gasteiger partial charge in [0.1, 0.15) is 0 Å². The van der Waals surface area contributed by atoms with E-state index in [0.717, 1.165) is 18.4 Å². The van der Waals surface area contributed by atoms with Gasteiger partial charge in [0, 0.05) is 11.0 Å². The Morgan fingerprint density at radius 1 is 1.33 bits per heavy atom. The smallest absolute Gasteiger partial charge is 0.0774 e. The quantitative estimate of drug-likeness (QED) is 0.545. The molecule has 2 atom stereocenters. The number of hydrogen-bond acceptors (Lipinski definition) is 1. The highest BCUT2D eigenvalue weighted by Crippen LogP contribution is 2.38. The van der Waals surface area contributed by atoms with Crippen LogP contribution in [-0.2, 0) is 4.74 Å². The summed E-state index contributed by atoms with van der Waals surface area (Å²) in [7, 11) is 0. The molecule has 0 saturated heterocycles. The molecule has 0 aromatic rings. The lowest BCUT2D eigenvalue weighted by atomic mass is 9.80. The first kappa shape index (κ1) is 12.2. The number of rotatable bonds is 5. The van der Waals surface area contributed by atoms with Crippen molar-refractivity contribution in [2.24, 2.45) is 11.8 Å². The molecule has 0 bridgehead atoms. The molecule has 2 aliphatic carbocycles. The molecule has 1 nitrogen and oxygen atoms in total. The summed E-state index contributed by atoms with van der Waals surface area (Å²) in [5, 5.41) is 0. The lowest BCUT2D eigenvalue weighted by molar-refractivity contribution is -0.0635. The molecule has 0 N–H and O–H groups in total. The zero-order chi connectivity index (χ0) is 10.7. The normalized spacial score (nSPS) is 36.8. The zero-order valence-electron chi connectivity index (χ0n) is 9.80. The summed E-state index contributed by atoms with van der Waals surface area (Å²) in [5.41, 5.74) is 0.243. The van der Waals surface area contributed by atoms with Crippen LogP contribution >= 0.6 is 22.6 Å². The van der Waals surface area contributed by atoms with Crippen molar-refractivity contribution in [2.75, 3.05) is 11.0 Å². The van der Waals surface area contributed by atoms with Crippen LogP contribution in [0, 0.1) is 11.8 Å². The van der Waals surface area contributed by atoms with E-state index < -0.39 is 0 Å². The minimum Gasteiger partial charge on any atom is -0.374 e. The monoisotopic (exact) mass is 322 g/mol. The molecule has 2 aliphatic rings. The van der Waals surface area contributed by atoms with E-state index >= 15 is 0 Å². The maximum Gasteiger partial charge on any atom is 0.0774 e. The minimum absolute atomic E-state index is 0.243. The van der Waals surface area contributed by atoms with Crippen LogP contribution in [0.5, 0.6) is 0 Å². The molecule has 15 heavy (non-hydrogen) atoms. The van der Waals surface area contributed by atoms with Crippen LogP contribution < -0.4 is 0 Å². The largest absolute Gasteiger partial charge is 0.374 e. The second-order valence-corrected chi connectivity index (χ2v) is 6.36. The lowest BCUT2D eigenvalue weighted by Crippen LogP contribution is -2.39. The van der Waals surface area contributed by atoms with Gasteiger partial charge in [-0.3, -0.25) is 0 Å². The summed E-state index contributed by atoms with van der Waals surface area (Å²) < 4.78 is 7.41. The van der Waals surface area contributed by atoms with Crippen LogP contribution in [0.1, 0.15) is 51.9 Å². The van der Waals surface area contributed by atoms with E-state index in [9.17, 15) is 0 Å². The van der Waals surface area contributed by atoms with Crippen LogP contribution in [0.4, 0.5) is 0 Å². The van der Waals surface area contributed by atoms with Crippen LogP contribution in [0.25, 0.3) is 0 Å². The molecular formula is C13H23IO. The molecule has 2 fully saturated rings. The Hall–Kier alpha value is 0.690. The molecule has 2 saturated carbocycles. The first-order valence-corrected chi connectivity index (χ1v) is 7.96. The van der Waals surface area contributed by atoms with E-state index in [1.807, 2.05) is 0 Å². The van der Waals surface area contributed by atoms with Crippen molar-refractivity contribution < 1.29 is 4.74 Å². The fourth-order valence-corrected chi connectivity index (χ4v) is 3.66. The Morgan fingerprint density at radius 2 is 2.13 bits per heavy atom. The molecule has 0 aromatic heterocycles. The SMILES string of the molecule is CC1CCCC(CI)(OCCC2CC2)C1. The third-order valence-electron chi connectivity index (χ3n) is 3.92. The van der Waals surface area contributed by atoms with Crippen molar-refractivity contribution in [3.63, 3.8) is 0 Å². The van der Waals surface area contributed by atoms with Gasteiger partial charge in [-0.2, -0.15) is 0 Å². The molecule has 88 valence electrons. The molecule has 0 amide bonds. The van der Waals surface area contributed by atoms with E-state index in [1.54, 1.807) is 0 Å². The standard InChI is InChI=1S/C13H23IO/c1-11-3-2-7-13(9-11,10-14)15-8-6-12-4-5-12/h11-12H,2-10H2,1H3. The summed E-state index contributed by atoms with van der Waals surface area (Å²) in [6.07, 6.45) is 9.59. The fraction of sp³-hybridized carbons (Fsp3) is 1.00. The van der Waals surface area contributed by atoms with Gasteiger partial charge >= 0.3 is 0 Å². The molecule has 2 heteroatoms. The summed E-state index contributed by atoms with van der Waals surface area (Å²) >= 11 is 2.52. The zero-order valence-corrected chi connectivity index (χ0v) is 12.0. The molecule has 0 spiro atoms. The summed E-state index contributed by atoms with van der Waals surface area (Å²) in [4.78, 5) is 0. The summed E-state index contributed by atoms with van der Waals surface area (Å²) in [6.45, 7) is 3.39. The van der Waals surface area contributed by atoms with Gasteiger partial charge in [0.2, 0.25) is 0 Å². The summed E-state index contributed by atoms with van der Waals surface area (Å²) in [6, 6.07) is 0. The number of hydrogen-bond donors (Lipinski definition) is 0.